The first-order valence-corrected chi connectivity index (χ1v) is 4.99. The molecular weight excluding hydrogens is 279 g/mol. The highest BCUT2D eigenvalue weighted by Gasteiger charge is 2.11. The number of ether oxygens (including phenoxy) is 1. The number of halogens is 1. The Morgan fingerprint density at radius 3 is 2.54 bits per heavy atom. The molecule has 0 fully saturated rings. The lowest BCUT2D eigenvalue weighted by molar-refractivity contribution is 0.0599. The highest BCUT2D eigenvalue weighted by atomic mass is 127. The van der Waals surface area contributed by atoms with Crippen LogP contribution in [0.5, 0.6) is 0 Å². The van der Waals surface area contributed by atoms with Crippen molar-refractivity contribution in [2.45, 2.75) is 13.8 Å². The molecule has 0 aliphatic heterocycles. The number of hydrogen-bond acceptors (Lipinski definition) is 2. The predicted molar refractivity (Wildman–Crippen MR) is 60.0 cm³/mol. The fourth-order valence-electron chi connectivity index (χ4n) is 1.21. The van der Waals surface area contributed by atoms with E-state index in [0.29, 0.717) is 5.56 Å². The third-order valence-electron chi connectivity index (χ3n) is 1.80. The van der Waals surface area contributed by atoms with Gasteiger partial charge in [0, 0.05) is 3.57 Å². The number of carbonyl (C=O) groups is 1. The Labute approximate surface area is 91.4 Å². The summed E-state index contributed by atoms with van der Waals surface area (Å²) < 4.78 is 5.65. The quantitative estimate of drug-likeness (QED) is 0.587. The van der Waals surface area contributed by atoms with E-state index in [0.717, 1.165) is 14.7 Å². The molecule has 1 aromatic rings. The highest BCUT2D eigenvalue weighted by Crippen LogP contribution is 2.19. The van der Waals surface area contributed by atoms with Gasteiger partial charge in [-0.25, -0.2) is 4.79 Å². The van der Waals surface area contributed by atoms with Gasteiger partial charge in [-0.05, 0) is 53.6 Å². The van der Waals surface area contributed by atoms with Gasteiger partial charge in [0.2, 0.25) is 0 Å². The van der Waals surface area contributed by atoms with Crippen molar-refractivity contribution in [2.75, 3.05) is 7.11 Å². The average molecular weight is 290 g/mol. The zero-order valence-electron chi connectivity index (χ0n) is 7.85. The molecule has 0 N–H and O–H groups in total. The zero-order chi connectivity index (χ0) is 10.0. The third-order valence-corrected chi connectivity index (χ3v) is 3.24. The first-order valence-electron chi connectivity index (χ1n) is 3.91. The van der Waals surface area contributed by atoms with Gasteiger partial charge in [0.05, 0.1) is 12.7 Å². The number of esters is 1. The monoisotopic (exact) mass is 290 g/mol. The number of methoxy groups -OCH3 is 1. The number of benzene rings is 1. The summed E-state index contributed by atoms with van der Waals surface area (Å²) in [6.45, 7) is 3.96. The maximum atomic E-state index is 11.3. The zero-order valence-corrected chi connectivity index (χ0v) is 10.0. The van der Waals surface area contributed by atoms with Gasteiger partial charge in [0.25, 0.3) is 0 Å². The van der Waals surface area contributed by atoms with Crippen LogP contribution in [0.1, 0.15) is 21.5 Å². The topological polar surface area (TPSA) is 26.3 Å². The summed E-state index contributed by atoms with van der Waals surface area (Å²) in [5, 5.41) is 0. The molecule has 3 heteroatoms. The van der Waals surface area contributed by atoms with Crippen LogP contribution in [0.15, 0.2) is 12.1 Å². The summed E-state index contributed by atoms with van der Waals surface area (Å²) in [6, 6.07) is 3.90. The molecule has 0 atom stereocenters. The van der Waals surface area contributed by atoms with Gasteiger partial charge in [-0.15, -0.1) is 0 Å². The molecule has 0 spiro atoms. The van der Waals surface area contributed by atoms with Gasteiger partial charge in [0.15, 0.2) is 0 Å². The van der Waals surface area contributed by atoms with E-state index in [9.17, 15) is 4.79 Å². The van der Waals surface area contributed by atoms with Crippen LogP contribution in [0.2, 0.25) is 0 Å². The van der Waals surface area contributed by atoms with Crippen molar-refractivity contribution in [3.05, 3.63) is 32.4 Å². The van der Waals surface area contributed by atoms with E-state index in [1.54, 1.807) is 0 Å². The van der Waals surface area contributed by atoms with Crippen LogP contribution in [0.4, 0.5) is 0 Å². The first-order chi connectivity index (χ1) is 6.06. The fraction of sp³-hybridized carbons (Fsp3) is 0.300. The molecule has 13 heavy (non-hydrogen) atoms. The minimum Gasteiger partial charge on any atom is -0.465 e. The Balaban J connectivity index is 3.28. The van der Waals surface area contributed by atoms with Crippen molar-refractivity contribution >= 4 is 28.6 Å². The van der Waals surface area contributed by atoms with Crippen molar-refractivity contribution in [3.8, 4) is 0 Å². The maximum Gasteiger partial charge on any atom is 0.338 e. The van der Waals surface area contributed by atoms with Gasteiger partial charge in [0.1, 0.15) is 0 Å². The Bertz CT molecular complexity index is 345. The largest absolute Gasteiger partial charge is 0.465 e. The van der Waals surface area contributed by atoms with E-state index in [1.807, 2.05) is 26.0 Å². The van der Waals surface area contributed by atoms with Crippen LogP contribution in [0.3, 0.4) is 0 Å². The summed E-state index contributed by atoms with van der Waals surface area (Å²) in [6.07, 6.45) is 0. The molecule has 0 aliphatic carbocycles. The molecule has 1 aromatic carbocycles. The van der Waals surface area contributed by atoms with Crippen molar-refractivity contribution in [2.24, 2.45) is 0 Å². The summed E-state index contributed by atoms with van der Waals surface area (Å²) in [7, 11) is 1.40. The molecule has 0 heterocycles. The van der Waals surface area contributed by atoms with E-state index < -0.39 is 0 Å². The number of carbonyl (C=O) groups excluding carboxylic acids is 1. The number of rotatable bonds is 1. The molecule has 0 radical (unpaired) electrons. The van der Waals surface area contributed by atoms with E-state index in [-0.39, 0.29) is 5.97 Å². The minimum absolute atomic E-state index is 0.267. The van der Waals surface area contributed by atoms with E-state index in [1.165, 1.54) is 7.11 Å². The lowest BCUT2D eigenvalue weighted by Crippen LogP contribution is -2.05. The third kappa shape index (κ3) is 2.21. The number of aryl methyl sites for hydroxylation is 2. The van der Waals surface area contributed by atoms with Crippen LogP contribution in [0, 0.1) is 17.4 Å². The second-order valence-corrected chi connectivity index (χ2v) is 4.01. The summed E-state index contributed by atoms with van der Waals surface area (Å²) in [5.74, 6) is -0.267. The molecule has 0 aromatic heterocycles. The Hall–Kier alpha value is -0.580. The smallest absolute Gasteiger partial charge is 0.338 e. The molecule has 0 bridgehead atoms. The lowest BCUT2D eigenvalue weighted by Gasteiger charge is -2.06. The van der Waals surface area contributed by atoms with Gasteiger partial charge < -0.3 is 4.74 Å². The second kappa shape index (κ2) is 4.09. The summed E-state index contributed by atoms with van der Waals surface area (Å²) in [4.78, 5) is 11.3. The normalized spacial score (nSPS) is 9.85. The second-order valence-electron chi connectivity index (χ2n) is 2.93. The van der Waals surface area contributed by atoms with E-state index >= 15 is 0 Å². The first kappa shape index (κ1) is 10.5. The predicted octanol–water partition coefficient (Wildman–Crippen LogP) is 2.69. The minimum atomic E-state index is -0.267. The van der Waals surface area contributed by atoms with E-state index in [2.05, 4.69) is 27.3 Å². The molecule has 70 valence electrons. The Kier molecular flexibility index (Phi) is 3.30. The molecule has 1 rings (SSSR count). The van der Waals surface area contributed by atoms with Gasteiger partial charge in [-0.3, -0.25) is 0 Å². The van der Waals surface area contributed by atoms with Gasteiger partial charge in [-0.2, -0.15) is 0 Å². The van der Waals surface area contributed by atoms with Crippen molar-refractivity contribution < 1.29 is 9.53 Å². The molecule has 2 nitrogen and oxygen atoms in total. The molecule has 0 unspecified atom stereocenters. The number of hydrogen-bond donors (Lipinski definition) is 0. The van der Waals surface area contributed by atoms with Crippen LogP contribution < -0.4 is 0 Å². The van der Waals surface area contributed by atoms with Gasteiger partial charge in [-0.1, -0.05) is 6.07 Å². The van der Waals surface area contributed by atoms with Gasteiger partial charge >= 0.3 is 5.97 Å². The van der Waals surface area contributed by atoms with E-state index in [4.69, 9.17) is 0 Å². The van der Waals surface area contributed by atoms with Crippen molar-refractivity contribution in [1.29, 1.82) is 0 Å². The molecule has 0 saturated carbocycles. The average Bonchev–Trinajstić information content (AvgIpc) is 2.10. The Morgan fingerprint density at radius 2 is 2.00 bits per heavy atom. The fourth-order valence-corrected chi connectivity index (χ4v) is 1.74. The molecule has 0 aliphatic rings. The molecular formula is C10H11IO2. The summed E-state index contributed by atoms with van der Waals surface area (Å²) in [5.41, 5.74) is 2.85. The van der Waals surface area contributed by atoms with Crippen molar-refractivity contribution in [3.63, 3.8) is 0 Å². The SMILES string of the molecule is COC(=O)c1cc(C)cc(C)c1I. The lowest BCUT2D eigenvalue weighted by atomic mass is 10.1. The maximum absolute atomic E-state index is 11.3. The highest BCUT2D eigenvalue weighted by molar-refractivity contribution is 14.1. The van der Waals surface area contributed by atoms with Crippen LogP contribution in [-0.2, 0) is 4.74 Å². The summed E-state index contributed by atoms with van der Waals surface area (Å²) >= 11 is 2.16. The van der Waals surface area contributed by atoms with Crippen LogP contribution in [-0.4, -0.2) is 13.1 Å². The molecule has 0 saturated heterocycles. The molecule has 0 amide bonds. The van der Waals surface area contributed by atoms with Crippen LogP contribution >= 0.6 is 22.6 Å². The Morgan fingerprint density at radius 1 is 1.38 bits per heavy atom. The standard InChI is InChI=1S/C10H11IO2/c1-6-4-7(2)9(11)8(5-6)10(12)13-3/h4-5H,1-3H3. The van der Waals surface area contributed by atoms with Crippen LogP contribution in [0.25, 0.3) is 0 Å². The van der Waals surface area contributed by atoms with Crippen molar-refractivity contribution in [1.82, 2.24) is 0 Å².